The number of carbonyl (C=O) groups excluding carboxylic acids is 2. The Hall–Kier alpha value is -2.55. The van der Waals surface area contributed by atoms with E-state index in [0.717, 1.165) is 70.6 Å². The molecule has 0 rings (SSSR count). The minimum atomic E-state index is -4.39. The van der Waals surface area contributed by atoms with Crippen molar-refractivity contribution in [3.05, 3.63) is 72.9 Å². The van der Waals surface area contributed by atoms with Crippen LogP contribution in [-0.2, 0) is 32.7 Å². The molecule has 0 spiro atoms. The number of carbonyl (C=O) groups is 2. The third-order valence-electron chi connectivity index (χ3n) is 13.1. The lowest BCUT2D eigenvalue weighted by Crippen LogP contribution is -2.29. The molecule has 0 bridgehead atoms. The zero-order valence-electron chi connectivity index (χ0n) is 47.4. The fraction of sp³-hybridized carbons (Fsp3) is 0.778. The van der Waals surface area contributed by atoms with Crippen LogP contribution in [0.2, 0.25) is 0 Å². The van der Waals surface area contributed by atoms with Gasteiger partial charge in [-0.25, -0.2) is 4.57 Å². The molecule has 9 nitrogen and oxygen atoms in total. The van der Waals surface area contributed by atoms with Crippen LogP contribution in [0, 0.1) is 0 Å². The Bertz CT molecular complexity index is 1420. The first-order valence-corrected chi connectivity index (χ1v) is 31.9. The van der Waals surface area contributed by atoms with Crippen LogP contribution in [0.25, 0.3) is 0 Å². The maximum absolute atomic E-state index is 12.7. The summed E-state index contributed by atoms with van der Waals surface area (Å²) in [5.41, 5.74) is 5.39. The minimum Gasteiger partial charge on any atom is -0.462 e. The van der Waals surface area contributed by atoms with E-state index in [1.54, 1.807) is 0 Å². The van der Waals surface area contributed by atoms with Crippen LogP contribution < -0.4 is 5.73 Å². The van der Waals surface area contributed by atoms with Gasteiger partial charge in [-0.2, -0.15) is 0 Å². The maximum atomic E-state index is 12.7. The van der Waals surface area contributed by atoms with Gasteiger partial charge in [-0.1, -0.05) is 260 Å². The SMILES string of the molecule is CC/C=C\C/C=C\C/C=C\C/C=C\CCCCCCCCCCCCCCCCCCC(=O)OC(COC(=O)CCCCCCCCCCCCC/C=C\C/C=C\CCCCCCC)COP(=O)(O)OCCN. The second-order valence-electron chi connectivity index (χ2n) is 20.2. The second kappa shape index (κ2) is 58.7. The predicted octanol–water partition coefficient (Wildman–Crippen LogP) is 19.3. The summed E-state index contributed by atoms with van der Waals surface area (Å²) >= 11 is 0. The van der Waals surface area contributed by atoms with E-state index in [9.17, 15) is 19.0 Å². The highest BCUT2D eigenvalue weighted by atomic mass is 31.2. The van der Waals surface area contributed by atoms with E-state index < -0.39 is 26.5 Å². The molecular weight excluding hydrogens is 930 g/mol. The summed E-state index contributed by atoms with van der Waals surface area (Å²) in [5, 5.41) is 0. The van der Waals surface area contributed by atoms with Crippen molar-refractivity contribution in [2.75, 3.05) is 26.4 Å². The van der Waals surface area contributed by atoms with Gasteiger partial charge < -0.3 is 20.1 Å². The van der Waals surface area contributed by atoms with E-state index in [1.165, 1.54) is 180 Å². The van der Waals surface area contributed by atoms with E-state index >= 15 is 0 Å². The molecule has 2 unspecified atom stereocenters. The van der Waals surface area contributed by atoms with E-state index in [0.29, 0.717) is 6.42 Å². The molecule has 0 aromatic heterocycles. The van der Waals surface area contributed by atoms with Crippen molar-refractivity contribution in [2.24, 2.45) is 5.73 Å². The summed E-state index contributed by atoms with van der Waals surface area (Å²) in [6, 6.07) is 0. The second-order valence-corrected chi connectivity index (χ2v) is 21.6. The number of esters is 2. The van der Waals surface area contributed by atoms with Crippen molar-refractivity contribution in [1.82, 2.24) is 0 Å². The highest BCUT2D eigenvalue weighted by Gasteiger charge is 2.26. The lowest BCUT2D eigenvalue weighted by Gasteiger charge is -2.19. The van der Waals surface area contributed by atoms with Crippen molar-refractivity contribution in [3.63, 3.8) is 0 Å². The smallest absolute Gasteiger partial charge is 0.462 e. The first-order chi connectivity index (χ1) is 35.8. The molecule has 10 heteroatoms. The molecule has 0 aliphatic rings. The molecule has 0 aromatic carbocycles. The van der Waals surface area contributed by atoms with Gasteiger partial charge in [0.25, 0.3) is 0 Å². The largest absolute Gasteiger partial charge is 0.472 e. The molecule has 424 valence electrons. The standard InChI is InChI=1S/C63H114NO8P/c1-3-5-7-9-11-13-15-17-19-21-23-25-27-28-29-30-31-32-34-36-38-40-42-44-46-48-50-52-54-56-63(66)72-61(60-71-73(67,68)70-58-57-64)59-69-62(65)55-53-51-49-47-45-43-41-39-37-35-33-26-24-22-20-18-16-14-12-10-8-6-4-2/h5,7,11,13,16-19,22-25,61H,3-4,6,8-10,12,14-15,20-21,26-60,64H2,1-2H3,(H,67,68)/b7-5-,13-11-,18-16-,19-17-,24-22-,25-23-. The number of hydrogen-bond donors (Lipinski definition) is 2. The average molecular weight is 1040 g/mol. The molecule has 0 saturated heterocycles. The number of phosphoric ester groups is 1. The number of hydrogen-bond acceptors (Lipinski definition) is 8. The van der Waals surface area contributed by atoms with Gasteiger partial charge in [0.1, 0.15) is 6.61 Å². The topological polar surface area (TPSA) is 134 Å². The zero-order valence-corrected chi connectivity index (χ0v) is 48.3. The van der Waals surface area contributed by atoms with Crippen LogP contribution in [0.1, 0.15) is 284 Å². The quantitative estimate of drug-likeness (QED) is 0.0264. The Balaban J connectivity index is 3.93. The molecule has 0 aromatic rings. The molecule has 0 saturated carbocycles. The first kappa shape index (κ1) is 70.5. The van der Waals surface area contributed by atoms with Crippen LogP contribution in [-0.4, -0.2) is 49.3 Å². The van der Waals surface area contributed by atoms with Gasteiger partial charge in [0.05, 0.1) is 13.2 Å². The number of nitrogens with two attached hydrogens (primary N) is 1. The zero-order chi connectivity index (χ0) is 53.1. The van der Waals surface area contributed by atoms with Crippen molar-refractivity contribution in [3.8, 4) is 0 Å². The Kier molecular flexibility index (Phi) is 56.7. The van der Waals surface area contributed by atoms with Gasteiger partial charge in [-0.3, -0.25) is 18.6 Å². The summed E-state index contributed by atoms with van der Waals surface area (Å²) in [7, 11) is -4.39. The van der Waals surface area contributed by atoms with Gasteiger partial charge in [-0.15, -0.1) is 0 Å². The van der Waals surface area contributed by atoms with Crippen molar-refractivity contribution in [1.29, 1.82) is 0 Å². The van der Waals surface area contributed by atoms with Crippen LogP contribution in [0.5, 0.6) is 0 Å². The lowest BCUT2D eigenvalue weighted by molar-refractivity contribution is -0.161. The molecule has 0 heterocycles. The molecule has 0 radical (unpaired) electrons. The number of allylic oxidation sites excluding steroid dienone is 12. The maximum Gasteiger partial charge on any atom is 0.472 e. The van der Waals surface area contributed by atoms with Crippen LogP contribution >= 0.6 is 7.82 Å². The normalized spacial score (nSPS) is 13.5. The van der Waals surface area contributed by atoms with E-state index in [2.05, 4.69) is 86.8 Å². The predicted molar refractivity (Wildman–Crippen MR) is 312 cm³/mol. The van der Waals surface area contributed by atoms with Gasteiger partial charge in [-0.05, 0) is 83.5 Å². The summed E-state index contributed by atoms with van der Waals surface area (Å²) in [4.78, 5) is 35.2. The molecular formula is C63H114NO8P. The molecule has 0 fully saturated rings. The van der Waals surface area contributed by atoms with E-state index in [1.807, 2.05) is 0 Å². The lowest BCUT2D eigenvalue weighted by atomic mass is 10.0. The van der Waals surface area contributed by atoms with Crippen molar-refractivity contribution in [2.45, 2.75) is 290 Å². The highest BCUT2D eigenvalue weighted by molar-refractivity contribution is 7.47. The number of ether oxygens (including phenoxy) is 2. The monoisotopic (exact) mass is 1040 g/mol. The summed E-state index contributed by atoms with van der Waals surface area (Å²) in [6.45, 7) is 3.65. The Morgan fingerprint density at radius 1 is 0.425 bits per heavy atom. The summed E-state index contributed by atoms with van der Waals surface area (Å²) in [6.07, 6.45) is 75.3. The fourth-order valence-corrected chi connectivity index (χ4v) is 9.37. The molecule has 0 aliphatic carbocycles. The van der Waals surface area contributed by atoms with E-state index in [4.69, 9.17) is 24.3 Å². The van der Waals surface area contributed by atoms with Crippen molar-refractivity contribution < 1.29 is 37.6 Å². The fourth-order valence-electron chi connectivity index (χ4n) is 8.60. The molecule has 0 amide bonds. The molecule has 73 heavy (non-hydrogen) atoms. The van der Waals surface area contributed by atoms with Crippen LogP contribution in [0.3, 0.4) is 0 Å². The average Bonchev–Trinajstić information content (AvgIpc) is 3.38. The Morgan fingerprint density at radius 2 is 0.753 bits per heavy atom. The number of unbranched alkanes of at least 4 members (excludes halogenated alkanes) is 32. The summed E-state index contributed by atoms with van der Waals surface area (Å²) < 4.78 is 33.1. The molecule has 0 aliphatic heterocycles. The highest BCUT2D eigenvalue weighted by Crippen LogP contribution is 2.43. The third-order valence-corrected chi connectivity index (χ3v) is 14.1. The van der Waals surface area contributed by atoms with E-state index in [-0.39, 0.29) is 38.6 Å². The number of phosphoric acid groups is 1. The van der Waals surface area contributed by atoms with Gasteiger partial charge in [0.15, 0.2) is 6.10 Å². The van der Waals surface area contributed by atoms with Gasteiger partial charge >= 0.3 is 19.8 Å². The van der Waals surface area contributed by atoms with Crippen LogP contribution in [0.15, 0.2) is 72.9 Å². The minimum absolute atomic E-state index is 0.0520. The number of rotatable bonds is 57. The Morgan fingerprint density at radius 3 is 1.12 bits per heavy atom. The third kappa shape index (κ3) is 58.6. The van der Waals surface area contributed by atoms with Gasteiger partial charge in [0, 0.05) is 19.4 Å². The van der Waals surface area contributed by atoms with Crippen LogP contribution in [0.4, 0.5) is 0 Å². The first-order valence-electron chi connectivity index (χ1n) is 30.4. The summed E-state index contributed by atoms with van der Waals surface area (Å²) in [5.74, 6) is -0.822. The van der Waals surface area contributed by atoms with Crippen molar-refractivity contribution >= 4 is 19.8 Å². The van der Waals surface area contributed by atoms with Gasteiger partial charge in [0.2, 0.25) is 0 Å². The Labute approximate surface area is 450 Å². The molecule has 2 atom stereocenters. The molecule has 3 N–H and O–H groups in total.